The summed E-state index contributed by atoms with van der Waals surface area (Å²) in [5.74, 6) is 4.15. The van der Waals surface area contributed by atoms with Crippen LogP contribution in [0.2, 0.25) is 0 Å². The van der Waals surface area contributed by atoms with E-state index in [1.165, 1.54) is 38.5 Å². The first-order chi connectivity index (χ1) is 12.2. The van der Waals surface area contributed by atoms with Gasteiger partial charge in [0, 0.05) is 6.42 Å². The number of hydrazone groups is 1. The van der Waals surface area contributed by atoms with Gasteiger partial charge in [-0.15, -0.1) is 0 Å². The van der Waals surface area contributed by atoms with Crippen LogP contribution in [0.25, 0.3) is 0 Å². The number of hydrogen-bond donors (Lipinski definition) is 1. The molecule has 5 heteroatoms. The van der Waals surface area contributed by atoms with Crippen LogP contribution in [0.4, 0.5) is 0 Å². The van der Waals surface area contributed by atoms with Gasteiger partial charge in [-0.3, -0.25) is 4.79 Å². The van der Waals surface area contributed by atoms with Crippen LogP contribution >= 0.6 is 0 Å². The van der Waals surface area contributed by atoms with Crippen molar-refractivity contribution in [1.82, 2.24) is 5.43 Å². The molecule has 0 saturated heterocycles. The van der Waals surface area contributed by atoms with Crippen LogP contribution in [0.15, 0.2) is 23.3 Å². The van der Waals surface area contributed by atoms with Crippen molar-refractivity contribution < 1.29 is 14.3 Å². The van der Waals surface area contributed by atoms with Crippen molar-refractivity contribution in [2.45, 2.75) is 44.9 Å². The molecule has 1 amide bonds. The van der Waals surface area contributed by atoms with Gasteiger partial charge in [0.05, 0.1) is 6.21 Å². The Morgan fingerprint density at radius 2 is 1.80 bits per heavy atom. The van der Waals surface area contributed by atoms with Crippen LogP contribution in [-0.2, 0) is 4.79 Å². The Morgan fingerprint density at radius 1 is 1.12 bits per heavy atom. The molecule has 1 aromatic rings. The van der Waals surface area contributed by atoms with Crippen molar-refractivity contribution >= 4 is 12.1 Å². The van der Waals surface area contributed by atoms with E-state index in [0.29, 0.717) is 6.42 Å². The predicted octanol–water partition coefficient (Wildman–Crippen LogP) is 3.47. The van der Waals surface area contributed by atoms with Gasteiger partial charge in [-0.05, 0) is 85.5 Å². The average molecular weight is 340 g/mol. The minimum Gasteiger partial charge on any atom is -0.454 e. The number of fused-ring (bicyclic) bond motifs is 1. The van der Waals surface area contributed by atoms with E-state index in [-0.39, 0.29) is 18.1 Å². The monoisotopic (exact) mass is 340 g/mol. The van der Waals surface area contributed by atoms with Gasteiger partial charge >= 0.3 is 0 Å². The third-order valence-electron chi connectivity index (χ3n) is 6.50. The summed E-state index contributed by atoms with van der Waals surface area (Å²) in [6.07, 6.45) is 10.3. The summed E-state index contributed by atoms with van der Waals surface area (Å²) in [7, 11) is 0. The zero-order chi connectivity index (χ0) is 16.9. The molecule has 1 aromatic carbocycles. The van der Waals surface area contributed by atoms with Crippen molar-refractivity contribution in [3.8, 4) is 11.5 Å². The van der Waals surface area contributed by atoms with Crippen molar-refractivity contribution in [2.24, 2.45) is 28.3 Å². The molecule has 4 fully saturated rings. The molecule has 4 bridgehead atoms. The van der Waals surface area contributed by atoms with Gasteiger partial charge in [0.1, 0.15) is 0 Å². The van der Waals surface area contributed by atoms with Gasteiger partial charge in [-0.1, -0.05) is 0 Å². The lowest BCUT2D eigenvalue weighted by molar-refractivity contribution is -0.129. The van der Waals surface area contributed by atoms with Crippen LogP contribution in [-0.4, -0.2) is 18.9 Å². The lowest BCUT2D eigenvalue weighted by atomic mass is 9.49. The Labute approximate surface area is 147 Å². The number of carbonyl (C=O) groups excluding carboxylic acids is 1. The Bertz CT molecular complexity index is 692. The lowest BCUT2D eigenvalue weighted by Crippen LogP contribution is -2.47. The van der Waals surface area contributed by atoms with Gasteiger partial charge < -0.3 is 9.47 Å². The molecule has 4 saturated carbocycles. The molecule has 5 aliphatic rings. The lowest BCUT2D eigenvalue weighted by Gasteiger charge is -2.56. The third kappa shape index (κ3) is 2.90. The first-order valence-corrected chi connectivity index (χ1v) is 9.39. The number of nitrogens with zero attached hydrogens (tertiary/aromatic N) is 1. The average Bonchev–Trinajstić information content (AvgIpc) is 3.00. The second-order valence-corrected chi connectivity index (χ2v) is 8.50. The highest BCUT2D eigenvalue weighted by Gasteiger charge is 2.51. The zero-order valence-corrected chi connectivity index (χ0v) is 14.4. The molecule has 0 atom stereocenters. The van der Waals surface area contributed by atoms with Crippen LogP contribution < -0.4 is 14.9 Å². The summed E-state index contributed by atoms with van der Waals surface area (Å²) in [6, 6.07) is 5.64. The van der Waals surface area contributed by atoms with E-state index in [0.717, 1.165) is 34.8 Å². The standard InChI is InChI=1S/C20H24N2O3/c23-19(10-20-7-14-3-15(8-20)5-16(4-14)9-20)22-21-11-13-1-2-17-18(6-13)25-12-24-17/h1-2,6,11,14-16H,3-5,7-10,12H2,(H,22,23)/b21-11-. The third-order valence-corrected chi connectivity index (χ3v) is 6.50. The minimum atomic E-state index is 0.0546. The highest BCUT2D eigenvalue weighted by atomic mass is 16.7. The first kappa shape index (κ1) is 15.2. The number of hydrogen-bond acceptors (Lipinski definition) is 4. The van der Waals surface area contributed by atoms with Crippen LogP contribution in [0.5, 0.6) is 11.5 Å². The van der Waals surface area contributed by atoms with Crippen molar-refractivity contribution in [2.75, 3.05) is 6.79 Å². The van der Waals surface area contributed by atoms with Crippen molar-refractivity contribution in [1.29, 1.82) is 0 Å². The van der Waals surface area contributed by atoms with E-state index < -0.39 is 0 Å². The summed E-state index contributed by atoms with van der Waals surface area (Å²) < 4.78 is 10.6. The van der Waals surface area contributed by atoms with Gasteiger partial charge in [0.25, 0.3) is 0 Å². The van der Waals surface area contributed by atoms with Crippen LogP contribution in [0.3, 0.4) is 0 Å². The molecule has 0 aromatic heterocycles. The number of carbonyl (C=O) groups is 1. The topological polar surface area (TPSA) is 59.9 Å². The van der Waals surface area contributed by atoms with E-state index in [1.54, 1.807) is 6.21 Å². The molecule has 0 radical (unpaired) electrons. The van der Waals surface area contributed by atoms with Gasteiger partial charge in [-0.2, -0.15) is 5.10 Å². The second-order valence-electron chi connectivity index (χ2n) is 8.50. The summed E-state index contributed by atoms with van der Waals surface area (Å²) in [4.78, 5) is 12.4. The fraction of sp³-hybridized carbons (Fsp3) is 0.600. The first-order valence-electron chi connectivity index (χ1n) is 9.39. The SMILES string of the molecule is O=C(CC12CC3CC(CC(C3)C1)C2)N/N=C\c1ccc2c(c1)OCO2. The summed E-state index contributed by atoms with van der Waals surface area (Å²) in [5.41, 5.74) is 3.88. The van der Waals surface area contributed by atoms with E-state index in [9.17, 15) is 4.79 Å². The largest absolute Gasteiger partial charge is 0.454 e. The van der Waals surface area contributed by atoms with Gasteiger partial charge in [-0.25, -0.2) is 5.43 Å². The van der Waals surface area contributed by atoms with Crippen molar-refractivity contribution in [3.05, 3.63) is 23.8 Å². The molecule has 4 aliphatic carbocycles. The fourth-order valence-corrected chi connectivity index (χ4v) is 6.06. The summed E-state index contributed by atoms with van der Waals surface area (Å²) >= 11 is 0. The quantitative estimate of drug-likeness (QED) is 0.674. The van der Waals surface area contributed by atoms with E-state index >= 15 is 0 Å². The molecule has 25 heavy (non-hydrogen) atoms. The zero-order valence-electron chi connectivity index (χ0n) is 14.4. The molecule has 5 nitrogen and oxygen atoms in total. The number of amides is 1. The molecule has 0 unspecified atom stereocenters. The molecule has 1 N–H and O–H groups in total. The van der Waals surface area contributed by atoms with E-state index in [1.807, 2.05) is 18.2 Å². The van der Waals surface area contributed by atoms with Crippen LogP contribution in [0, 0.1) is 23.2 Å². The Kier molecular flexibility index (Phi) is 3.50. The summed E-state index contributed by atoms with van der Waals surface area (Å²) in [6.45, 7) is 0.262. The Balaban J connectivity index is 1.20. The molecule has 1 heterocycles. The second kappa shape index (κ2) is 5.75. The maximum atomic E-state index is 12.4. The highest BCUT2D eigenvalue weighted by molar-refractivity contribution is 5.83. The number of ether oxygens (including phenoxy) is 2. The number of rotatable bonds is 4. The van der Waals surface area contributed by atoms with Gasteiger partial charge in [0.2, 0.25) is 12.7 Å². The fourth-order valence-electron chi connectivity index (χ4n) is 6.06. The minimum absolute atomic E-state index is 0.0546. The number of nitrogens with one attached hydrogen (secondary N) is 1. The highest BCUT2D eigenvalue weighted by Crippen LogP contribution is 2.61. The van der Waals surface area contributed by atoms with Crippen LogP contribution in [0.1, 0.15) is 50.5 Å². The molecule has 6 rings (SSSR count). The predicted molar refractivity (Wildman–Crippen MR) is 93.5 cm³/mol. The molecule has 132 valence electrons. The smallest absolute Gasteiger partial charge is 0.240 e. The maximum Gasteiger partial charge on any atom is 0.240 e. The molecular formula is C20H24N2O3. The molecular weight excluding hydrogens is 316 g/mol. The normalized spacial score (nSPS) is 34.6. The van der Waals surface area contributed by atoms with E-state index in [2.05, 4.69) is 10.5 Å². The maximum absolute atomic E-state index is 12.4. The van der Waals surface area contributed by atoms with Crippen molar-refractivity contribution in [3.63, 3.8) is 0 Å². The molecule has 1 aliphatic heterocycles. The summed E-state index contributed by atoms with van der Waals surface area (Å²) in [5, 5.41) is 4.14. The molecule has 0 spiro atoms. The van der Waals surface area contributed by atoms with E-state index in [4.69, 9.17) is 9.47 Å². The van der Waals surface area contributed by atoms with Gasteiger partial charge in [0.15, 0.2) is 11.5 Å². The Hall–Kier alpha value is -2.04. The Morgan fingerprint density at radius 3 is 2.52 bits per heavy atom. The number of benzene rings is 1.